The number of alkyl halides is 3. The molecule has 2 atom stereocenters. The van der Waals surface area contributed by atoms with Gasteiger partial charge in [-0.15, -0.1) is 0 Å². The highest BCUT2D eigenvalue weighted by atomic mass is 35.5. The van der Waals surface area contributed by atoms with Crippen molar-refractivity contribution in [3.63, 3.8) is 0 Å². The molecule has 0 bridgehead atoms. The number of amides is 2. The van der Waals surface area contributed by atoms with Crippen LogP contribution in [0.5, 0.6) is 0 Å². The average Bonchev–Trinajstić information content (AvgIpc) is 2.78. The molecule has 0 aromatic rings. The molecular weight excluding hydrogens is 278 g/mol. The third-order valence-electron chi connectivity index (χ3n) is 3.99. The highest BCUT2D eigenvalue weighted by molar-refractivity contribution is 6.32. The highest BCUT2D eigenvalue weighted by Crippen LogP contribution is 2.35. The van der Waals surface area contributed by atoms with Gasteiger partial charge in [0.15, 0.2) is 0 Å². The zero-order valence-corrected chi connectivity index (χ0v) is 11.3. The summed E-state index contributed by atoms with van der Waals surface area (Å²) < 4.78 is 24.8. The van der Waals surface area contributed by atoms with E-state index >= 15 is 0 Å². The van der Waals surface area contributed by atoms with Crippen molar-refractivity contribution < 1.29 is 18.4 Å². The van der Waals surface area contributed by atoms with Gasteiger partial charge in [-0.25, -0.2) is 0 Å². The van der Waals surface area contributed by atoms with Crippen LogP contribution in [0.2, 0.25) is 0 Å². The fourth-order valence-electron chi connectivity index (χ4n) is 2.98. The standard InChI is InChI=1S/C12H17ClF2N2O2/c13-12(14,15)11(19)16-5-10(18)17-6-8-3-1-2-4-9(8)7-17/h8-9H,1-7H2,(H,16,19). The molecule has 2 unspecified atom stereocenters. The molecule has 1 saturated heterocycles. The molecule has 1 N–H and O–H groups in total. The van der Waals surface area contributed by atoms with Crippen molar-refractivity contribution in [2.45, 2.75) is 31.1 Å². The number of carbonyl (C=O) groups is 2. The Labute approximate surface area is 115 Å². The van der Waals surface area contributed by atoms with Crippen molar-refractivity contribution in [2.75, 3.05) is 19.6 Å². The third-order valence-corrected chi connectivity index (χ3v) is 4.16. The van der Waals surface area contributed by atoms with Gasteiger partial charge in [-0.2, -0.15) is 8.78 Å². The van der Waals surface area contributed by atoms with E-state index < -0.39 is 17.8 Å². The fourth-order valence-corrected chi connectivity index (χ4v) is 3.04. The highest BCUT2D eigenvalue weighted by Gasteiger charge is 2.38. The molecule has 2 amide bonds. The van der Waals surface area contributed by atoms with Crippen LogP contribution < -0.4 is 5.32 Å². The summed E-state index contributed by atoms with van der Waals surface area (Å²) in [7, 11) is 0. The summed E-state index contributed by atoms with van der Waals surface area (Å²) in [5, 5.41) is -2.09. The zero-order valence-electron chi connectivity index (χ0n) is 10.5. The van der Waals surface area contributed by atoms with Gasteiger partial charge in [0.1, 0.15) is 0 Å². The van der Waals surface area contributed by atoms with Gasteiger partial charge >= 0.3 is 11.3 Å². The maximum absolute atomic E-state index is 12.4. The molecule has 7 heteroatoms. The van der Waals surface area contributed by atoms with Crippen LogP contribution >= 0.6 is 11.6 Å². The Hall–Kier alpha value is -0.910. The van der Waals surface area contributed by atoms with Crippen molar-refractivity contribution in [1.82, 2.24) is 10.2 Å². The Morgan fingerprint density at radius 2 is 1.74 bits per heavy atom. The van der Waals surface area contributed by atoms with Crippen LogP contribution in [-0.4, -0.2) is 41.7 Å². The molecule has 1 aliphatic carbocycles. The number of rotatable bonds is 3. The molecule has 0 radical (unpaired) electrons. The van der Waals surface area contributed by atoms with Gasteiger partial charge < -0.3 is 10.2 Å². The van der Waals surface area contributed by atoms with Crippen molar-refractivity contribution in [2.24, 2.45) is 11.8 Å². The van der Waals surface area contributed by atoms with Gasteiger partial charge in [0.05, 0.1) is 6.54 Å². The number of nitrogens with zero attached hydrogens (tertiary/aromatic N) is 1. The van der Waals surface area contributed by atoms with Gasteiger partial charge in [-0.1, -0.05) is 12.8 Å². The number of likely N-dealkylation sites (tertiary alicyclic amines) is 1. The summed E-state index contributed by atoms with van der Waals surface area (Å²) in [4.78, 5) is 24.4. The van der Waals surface area contributed by atoms with Gasteiger partial charge in [0.2, 0.25) is 5.91 Å². The lowest BCUT2D eigenvalue weighted by Crippen LogP contribution is -2.43. The van der Waals surface area contributed by atoms with Crippen molar-refractivity contribution in [3.05, 3.63) is 0 Å². The van der Waals surface area contributed by atoms with E-state index in [0.29, 0.717) is 24.9 Å². The molecule has 0 aromatic heterocycles. The zero-order chi connectivity index (χ0) is 14.0. The maximum atomic E-state index is 12.4. The normalized spacial score (nSPS) is 27.0. The molecule has 4 nitrogen and oxygen atoms in total. The van der Waals surface area contributed by atoms with Crippen molar-refractivity contribution >= 4 is 23.4 Å². The van der Waals surface area contributed by atoms with Gasteiger partial charge in [-0.3, -0.25) is 9.59 Å². The molecule has 1 aliphatic heterocycles. The number of halogens is 3. The maximum Gasteiger partial charge on any atom is 0.399 e. The second-order valence-electron chi connectivity index (χ2n) is 5.28. The topological polar surface area (TPSA) is 49.4 Å². The van der Waals surface area contributed by atoms with Crippen LogP contribution in [0.25, 0.3) is 0 Å². The quantitative estimate of drug-likeness (QED) is 0.804. The minimum atomic E-state index is -3.96. The Kier molecular flexibility index (Phi) is 4.28. The largest absolute Gasteiger partial charge is 0.399 e. The second-order valence-corrected chi connectivity index (χ2v) is 5.76. The van der Waals surface area contributed by atoms with Crippen LogP contribution in [0.15, 0.2) is 0 Å². The molecule has 19 heavy (non-hydrogen) atoms. The Morgan fingerprint density at radius 1 is 1.21 bits per heavy atom. The predicted octanol–water partition coefficient (Wildman–Crippen LogP) is 1.58. The van der Waals surface area contributed by atoms with E-state index in [9.17, 15) is 18.4 Å². The summed E-state index contributed by atoms with van der Waals surface area (Å²) in [5.41, 5.74) is 0. The summed E-state index contributed by atoms with van der Waals surface area (Å²) in [6.45, 7) is 0.938. The first-order valence-corrected chi connectivity index (χ1v) is 6.88. The molecule has 0 spiro atoms. The first kappa shape index (κ1) is 14.5. The summed E-state index contributed by atoms with van der Waals surface area (Å²) in [5.74, 6) is -0.881. The van der Waals surface area contributed by atoms with E-state index in [1.54, 1.807) is 4.90 Å². The SMILES string of the molecule is O=C(CNC(=O)C(F)(F)Cl)N1CC2CCCCC2C1. The van der Waals surface area contributed by atoms with Gasteiger partial charge in [-0.05, 0) is 36.3 Å². The van der Waals surface area contributed by atoms with E-state index in [0.717, 1.165) is 12.8 Å². The number of fused-ring (bicyclic) bond motifs is 1. The van der Waals surface area contributed by atoms with Crippen molar-refractivity contribution in [1.29, 1.82) is 0 Å². The lowest BCUT2D eigenvalue weighted by molar-refractivity contribution is -0.139. The minimum absolute atomic E-state index is 0.316. The monoisotopic (exact) mass is 294 g/mol. The number of carbonyl (C=O) groups excluding carboxylic acids is 2. The minimum Gasteiger partial charge on any atom is -0.341 e. The van der Waals surface area contributed by atoms with Crippen LogP contribution in [-0.2, 0) is 9.59 Å². The van der Waals surface area contributed by atoms with Crippen LogP contribution in [0, 0.1) is 11.8 Å². The van der Waals surface area contributed by atoms with E-state index in [1.165, 1.54) is 12.8 Å². The van der Waals surface area contributed by atoms with Crippen molar-refractivity contribution in [3.8, 4) is 0 Å². The summed E-state index contributed by atoms with van der Waals surface area (Å²) in [6.07, 6.45) is 4.64. The lowest BCUT2D eigenvalue weighted by atomic mass is 9.82. The molecule has 1 saturated carbocycles. The fraction of sp³-hybridized carbons (Fsp3) is 0.833. The Bertz CT molecular complexity index is 359. The molecule has 2 rings (SSSR count). The molecular formula is C12H17ClF2N2O2. The van der Waals surface area contributed by atoms with E-state index in [4.69, 9.17) is 0 Å². The molecule has 2 aliphatic rings. The first-order valence-electron chi connectivity index (χ1n) is 6.50. The van der Waals surface area contributed by atoms with Crippen LogP contribution in [0.4, 0.5) is 8.78 Å². The predicted molar refractivity (Wildman–Crippen MR) is 65.8 cm³/mol. The number of nitrogens with one attached hydrogen (secondary N) is 1. The molecule has 108 valence electrons. The Balaban J connectivity index is 1.80. The van der Waals surface area contributed by atoms with Gasteiger partial charge in [0, 0.05) is 13.1 Å². The van der Waals surface area contributed by atoms with Crippen LogP contribution in [0.3, 0.4) is 0 Å². The van der Waals surface area contributed by atoms with E-state index in [2.05, 4.69) is 11.6 Å². The first-order chi connectivity index (χ1) is 8.88. The molecule has 0 aromatic carbocycles. The molecule has 1 heterocycles. The Morgan fingerprint density at radius 3 is 2.21 bits per heavy atom. The van der Waals surface area contributed by atoms with E-state index in [-0.39, 0.29) is 5.91 Å². The molecule has 2 fully saturated rings. The van der Waals surface area contributed by atoms with Crippen LogP contribution in [0.1, 0.15) is 25.7 Å². The smallest absolute Gasteiger partial charge is 0.341 e. The van der Waals surface area contributed by atoms with E-state index in [1.807, 2.05) is 5.32 Å². The average molecular weight is 295 g/mol. The summed E-state index contributed by atoms with van der Waals surface area (Å²) >= 11 is 4.56. The lowest BCUT2D eigenvalue weighted by Gasteiger charge is -2.22. The summed E-state index contributed by atoms with van der Waals surface area (Å²) in [6, 6.07) is 0. The number of hydrogen-bond acceptors (Lipinski definition) is 2. The van der Waals surface area contributed by atoms with Gasteiger partial charge in [0.25, 0.3) is 0 Å². The number of hydrogen-bond donors (Lipinski definition) is 1. The third kappa shape index (κ3) is 3.55. The second kappa shape index (κ2) is 5.61.